The molecule has 1 amide bonds. The van der Waals surface area contributed by atoms with Gasteiger partial charge in [-0.3, -0.25) is 4.79 Å². The van der Waals surface area contributed by atoms with Crippen LogP contribution in [0.2, 0.25) is 0 Å². The molecule has 0 aromatic carbocycles. The highest BCUT2D eigenvalue weighted by Crippen LogP contribution is 1.92. The van der Waals surface area contributed by atoms with Crippen LogP contribution < -0.4 is 5.32 Å². The van der Waals surface area contributed by atoms with Crippen LogP contribution in [0, 0.1) is 5.92 Å². The molecule has 0 rings (SSSR count). The third-order valence-corrected chi connectivity index (χ3v) is 1.64. The second-order valence-electron chi connectivity index (χ2n) is 3.76. The monoisotopic (exact) mass is 172 g/mol. The Hall–Kier alpha value is -0.570. The van der Waals surface area contributed by atoms with Gasteiger partial charge >= 0.3 is 0 Å². The van der Waals surface area contributed by atoms with Crippen molar-refractivity contribution in [2.24, 2.45) is 5.92 Å². The summed E-state index contributed by atoms with van der Waals surface area (Å²) in [6.45, 7) is 7.03. The molecule has 1 atom stereocenters. The maximum absolute atomic E-state index is 11.3. The van der Waals surface area contributed by atoms with Gasteiger partial charge in [0.2, 0.25) is 5.91 Å². The Morgan fingerprint density at radius 2 is 1.83 bits per heavy atom. The molecule has 0 aliphatic rings. The van der Waals surface area contributed by atoms with Crippen molar-refractivity contribution >= 4 is 5.91 Å². The maximum Gasteiger partial charge on any atom is 0.238 e. The Balaban J connectivity index is 3.72. The van der Waals surface area contributed by atoms with Crippen LogP contribution in [-0.2, 0) is 4.79 Å². The molecule has 3 nitrogen and oxygen atoms in total. The third-order valence-electron chi connectivity index (χ3n) is 1.64. The molecule has 0 saturated carbocycles. The van der Waals surface area contributed by atoms with E-state index in [1.165, 1.54) is 0 Å². The van der Waals surface area contributed by atoms with Gasteiger partial charge in [-0.2, -0.15) is 0 Å². The Kier molecular flexibility index (Phi) is 4.90. The predicted molar refractivity (Wildman–Crippen MR) is 51.0 cm³/mol. The quantitative estimate of drug-likeness (QED) is 0.677. The Morgan fingerprint density at radius 3 is 2.17 bits per heavy atom. The maximum atomic E-state index is 11.3. The lowest BCUT2D eigenvalue weighted by Crippen LogP contribution is -2.42. The van der Waals surface area contributed by atoms with Crippen LogP contribution in [0.15, 0.2) is 0 Å². The zero-order chi connectivity index (χ0) is 9.72. The summed E-state index contributed by atoms with van der Waals surface area (Å²) in [5.74, 6) is 0.720. The molecule has 3 heteroatoms. The van der Waals surface area contributed by atoms with E-state index in [0.717, 1.165) is 6.54 Å². The van der Waals surface area contributed by atoms with Crippen LogP contribution in [0.25, 0.3) is 0 Å². The Morgan fingerprint density at radius 1 is 1.33 bits per heavy atom. The van der Waals surface area contributed by atoms with Gasteiger partial charge in [0.15, 0.2) is 0 Å². The van der Waals surface area contributed by atoms with E-state index in [0.29, 0.717) is 5.92 Å². The van der Waals surface area contributed by atoms with Gasteiger partial charge in [-0.25, -0.2) is 0 Å². The lowest BCUT2D eigenvalue weighted by Gasteiger charge is -2.18. The molecule has 0 aromatic rings. The summed E-state index contributed by atoms with van der Waals surface area (Å²) in [5.41, 5.74) is 0. The van der Waals surface area contributed by atoms with E-state index in [9.17, 15) is 4.79 Å². The first kappa shape index (κ1) is 11.4. The molecule has 0 aromatic heterocycles. The molecule has 1 unspecified atom stereocenters. The van der Waals surface area contributed by atoms with E-state index in [-0.39, 0.29) is 11.9 Å². The highest BCUT2D eigenvalue weighted by molar-refractivity contribution is 5.80. The normalized spacial score (nSPS) is 13.2. The zero-order valence-electron chi connectivity index (χ0n) is 8.72. The first-order valence-electron chi connectivity index (χ1n) is 4.39. The van der Waals surface area contributed by atoms with E-state index in [4.69, 9.17) is 0 Å². The minimum absolute atomic E-state index is 0.0672. The number of hydrogen-bond acceptors (Lipinski definition) is 2. The van der Waals surface area contributed by atoms with Crippen molar-refractivity contribution in [1.82, 2.24) is 10.2 Å². The van der Waals surface area contributed by atoms with Gasteiger partial charge in [-0.05, 0) is 19.4 Å². The summed E-state index contributed by atoms with van der Waals surface area (Å²) in [5, 5.41) is 3.17. The number of nitrogens with one attached hydrogen (secondary N) is 1. The highest BCUT2D eigenvalue weighted by atomic mass is 16.2. The summed E-state index contributed by atoms with van der Waals surface area (Å²) in [6, 6.07) is -0.0672. The second kappa shape index (κ2) is 5.14. The summed E-state index contributed by atoms with van der Waals surface area (Å²) >= 11 is 0. The van der Waals surface area contributed by atoms with Crippen LogP contribution in [-0.4, -0.2) is 37.5 Å². The van der Waals surface area contributed by atoms with Gasteiger partial charge in [0.05, 0.1) is 6.04 Å². The lowest BCUT2D eigenvalue weighted by atomic mass is 10.2. The van der Waals surface area contributed by atoms with Crippen molar-refractivity contribution in [1.29, 1.82) is 0 Å². The van der Waals surface area contributed by atoms with Gasteiger partial charge in [0.1, 0.15) is 0 Å². The van der Waals surface area contributed by atoms with Gasteiger partial charge in [-0.1, -0.05) is 13.8 Å². The van der Waals surface area contributed by atoms with Gasteiger partial charge < -0.3 is 10.2 Å². The van der Waals surface area contributed by atoms with Crippen molar-refractivity contribution in [3.05, 3.63) is 0 Å². The van der Waals surface area contributed by atoms with E-state index in [1.807, 2.05) is 6.92 Å². The van der Waals surface area contributed by atoms with E-state index < -0.39 is 0 Å². The lowest BCUT2D eigenvalue weighted by molar-refractivity contribution is -0.130. The summed E-state index contributed by atoms with van der Waals surface area (Å²) in [4.78, 5) is 12.9. The summed E-state index contributed by atoms with van der Waals surface area (Å²) in [7, 11) is 3.55. The van der Waals surface area contributed by atoms with E-state index in [1.54, 1.807) is 19.0 Å². The summed E-state index contributed by atoms with van der Waals surface area (Å²) in [6.07, 6.45) is 0. The van der Waals surface area contributed by atoms with Crippen LogP contribution >= 0.6 is 0 Å². The van der Waals surface area contributed by atoms with Crippen molar-refractivity contribution in [2.75, 3.05) is 20.6 Å². The largest absolute Gasteiger partial charge is 0.347 e. The van der Waals surface area contributed by atoms with Gasteiger partial charge in [0.25, 0.3) is 0 Å². The van der Waals surface area contributed by atoms with Gasteiger partial charge in [-0.15, -0.1) is 0 Å². The van der Waals surface area contributed by atoms with Crippen molar-refractivity contribution in [3.63, 3.8) is 0 Å². The van der Waals surface area contributed by atoms with E-state index >= 15 is 0 Å². The minimum atomic E-state index is -0.0672. The standard InChI is InChI=1S/C9H20N2O/c1-7(2)6-10-8(3)9(12)11(4)5/h7-8,10H,6H2,1-5H3. The van der Waals surface area contributed by atoms with Crippen LogP contribution in [0.5, 0.6) is 0 Å². The molecule has 12 heavy (non-hydrogen) atoms. The average Bonchev–Trinajstić information content (AvgIpc) is 1.98. The zero-order valence-corrected chi connectivity index (χ0v) is 8.72. The molecule has 72 valence electrons. The van der Waals surface area contributed by atoms with Crippen LogP contribution in [0.3, 0.4) is 0 Å². The second-order valence-corrected chi connectivity index (χ2v) is 3.76. The highest BCUT2D eigenvalue weighted by Gasteiger charge is 2.13. The predicted octanol–water partition coefficient (Wildman–Crippen LogP) is 0.709. The Labute approximate surface area is 75.1 Å². The average molecular weight is 172 g/mol. The molecule has 0 spiro atoms. The number of rotatable bonds is 4. The number of carbonyl (C=O) groups excluding carboxylic acids is 1. The first-order valence-corrected chi connectivity index (χ1v) is 4.39. The topological polar surface area (TPSA) is 32.3 Å². The summed E-state index contributed by atoms with van der Waals surface area (Å²) < 4.78 is 0. The minimum Gasteiger partial charge on any atom is -0.347 e. The molecule has 0 aliphatic carbocycles. The molecule has 1 N–H and O–H groups in total. The smallest absolute Gasteiger partial charge is 0.238 e. The molecule has 0 heterocycles. The molecule has 0 fully saturated rings. The molecule has 0 aliphatic heterocycles. The molecule has 0 saturated heterocycles. The molecule has 0 radical (unpaired) electrons. The molecular formula is C9H20N2O. The number of likely N-dealkylation sites (N-methyl/N-ethyl adjacent to an activating group) is 1. The SMILES string of the molecule is CC(C)CNC(C)C(=O)N(C)C. The van der Waals surface area contributed by atoms with E-state index in [2.05, 4.69) is 19.2 Å². The number of carbonyl (C=O) groups is 1. The number of nitrogens with zero attached hydrogens (tertiary/aromatic N) is 1. The fourth-order valence-corrected chi connectivity index (χ4v) is 0.887. The van der Waals surface area contributed by atoms with Crippen molar-refractivity contribution in [2.45, 2.75) is 26.8 Å². The van der Waals surface area contributed by atoms with Gasteiger partial charge in [0, 0.05) is 14.1 Å². The fraction of sp³-hybridized carbons (Fsp3) is 0.889. The first-order chi connectivity index (χ1) is 5.45. The van der Waals surface area contributed by atoms with Crippen LogP contribution in [0.4, 0.5) is 0 Å². The number of amides is 1. The van der Waals surface area contributed by atoms with Crippen LogP contribution in [0.1, 0.15) is 20.8 Å². The Bertz CT molecular complexity index is 143. The molecule has 0 bridgehead atoms. The third kappa shape index (κ3) is 4.34. The number of hydrogen-bond donors (Lipinski definition) is 1. The molecular weight excluding hydrogens is 152 g/mol. The van der Waals surface area contributed by atoms with Crippen molar-refractivity contribution < 1.29 is 4.79 Å². The van der Waals surface area contributed by atoms with Crippen molar-refractivity contribution in [3.8, 4) is 0 Å². The fourth-order valence-electron chi connectivity index (χ4n) is 0.887.